The quantitative estimate of drug-likeness (QED) is 0.315. The fraction of sp³-hybridized carbons (Fsp3) is 0.500. The normalized spacial score (nSPS) is 13.6. The van der Waals surface area contributed by atoms with Gasteiger partial charge in [-0.3, -0.25) is 9.59 Å². The predicted molar refractivity (Wildman–Crippen MR) is 158 cm³/mol. The minimum absolute atomic E-state index is 0.0542. The van der Waals surface area contributed by atoms with E-state index in [1.807, 2.05) is 52.1 Å². The summed E-state index contributed by atoms with van der Waals surface area (Å²) in [5.41, 5.74) is 2.31. The van der Waals surface area contributed by atoms with Crippen LogP contribution in [0, 0.1) is 13.8 Å². The summed E-state index contributed by atoms with van der Waals surface area (Å²) in [7, 11) is 0. The Balaban J connectivity index is 2.58. The molecule has 3 unspecified atom stereocenters. The van der Waals surface area contributed by atoms with Crippen LogP contribution in [-0.2, 0) is 14.3 Å². The van der Waals surface area contributed by atoms with Crippen LogP contribution in [0.3, 0.4) is 0 Å². The van der Waals surface area contributed by atoms with E-state index in [4.69, 9.17) is 4.74 Å². The molecule has 3 N–H and O–H groups in total. The first-order valence-electron chi connectivity index (χ1n) is 13.3. The van der Waals surface area contributed by atoms with Crippen LogP contribution in [0.15, 0.2) is 42.5 Å². The van der Waals surface area contributed by atoms with Crippen molar-refractivity contribution in [2.45, 2.75) is 85.0 Å². The van der Waals surface area contributed by atoms with E-state index in [1.165, 1.54) is 12.1 Å². The number of thioether (sulfide) groups is 1. The van der Waals surface area contributed by atoms with Gasteiger partial charge in [0.2, 0.25) is 5.91 Å². The highest BCUT2D eigenvalue weighted by Crippen LogP contribution is 2.30. The molecule has 0 radical (unpaired) electrons. The Hall–Kier alpha value is -3.20. The van der Waals surface area contributed by atoms with Crippen LogP contribution in [0.1, 0.15) is 70.2 Å². The molecular weight excluding hydrogens is 514 g/mol. The highest BCUT2D eigenvalue weighted by atomic mass is 32.2. The molecule has 214 valence electrons. The number of nitrogens with one attached hydrogen (secondary N) is 2. The number of benzene rings is 2. The monoisotopic (exact) mass is 557 g/mol. The molecule has 39 heavy (non-hydrogen) atoms. The topological polar surface area (TPSA) is 108 Å². The maximum absolute atomic E-state index is 14.2. The molecule has 0 saturated heterocycles. The summed E-state index contributed by atoms with van der Waals surface area (Å²) in [6, 6.07) is 9.80. The zero-order valence-electron chi connectivity index (χ0n) is 24.3. The number of para-hydroxylation sites is 1. The summed E-state index contributed by atoms with van der Waals surface area (Å²) in [5.74, 6) is -0.0796. The van der Waals surface area contributed by atoms with Gasteiger partial charge in [-0.25, -0.2) is 4.79 Å². The minimum Gasteiger partial charge on any atom is -0.508 e. The average molecular weight is 558 g/mol. The molecule has 2 aromatic rings. The van der Waals surface area contributed by atoms with E-state index in [0.717, 1.165) is 11.1 Å². The van der Waals surface area contributed by atoms with Crippen molar-refractivity contribution in [3.63, 3.8) is 0 Å². The van der Waals surface area contributed by atoms with Gasteiger partial charge in [0.15, 0.2) is 0 Å². The summed E-state index contributed by atoms with van der Waals surface area (Å²) in [6.45, 7) is 12.9. The number of rotatable bonds is 11. The third-order valence-electron chi connectivity index (χ3n) is 6.38. The highest BCUT2D eigenvalue weighted by molar-refractivity contribution is 7.98. The van der Waals surface area contributed by atoms with Crippen LogP contribution in [-0.4, -0.2) is 57.6 Å². The van der Waals surface area contributed by atoms with Gasteiger partial charge in [-0.1, -0.05) is 37.3 Å². The molecule has 9 heteroatoms. The molecule has 0 aliphatic rings. The first-order chi connectivity index (χ1) is 18.3. The van der Waals surface area contributed by atoms with Crippen LogP contribution in [0.4, 0.5) is 10.5 Å². The Morgan fingerprint density at radius 1 is 1.05 bits per heavy atom. The van der Waals surface area contributed by atoms with Gasteiger partial charge in [-0.05, 0) is 95.2 Å². The Bertz CT molecular complexity index is 1110. The first kappa shape index (κ1) is 32.0. The third-order valence-corrected chi connectivity index (χ3v) is 7.03. The molecule has 0 spiro atoms. The van der Waals surface area contributed by atoms with Gasteiger partial charge in [0.25, 0.3) is 5.91 Å². The lowest BCUT2D eigenvalue weighted by molar-refractivity contribution is -0.143. The third kappa shape index (κ3) is 9.20. The van der Waals surface area contributed by atoms with Crippen LogP contribution in [0.25, 0.3) is 0 Å². The second kappa shape index (κ2) is 14.3. The molecule has 0 saturated carbocycles. The number of hydrogen-bond donors (Lipinski definition) is 3. The number of aromatic hydroxyl groups is 1. The smallest absolute Gasteiger partial charge is 0.408 e. The lowest BCUT2D eigenvalue weighted by atomic mass is 9.98. The number of nitrogens with zero attached hydrogens (tertiary/aromatic N) is 1. The molecule has 3 amide bonds. The average Bonchev–Trinajstić information content (AvgIpc) is 2.86. The largest absolute Gasteiger partial charge is 0.508 e. The predicted octanol–water partition coefficient (Wildman–Crippen LogP) is 5.96. The zero-order chi connectivity index (χ0) is 29.3. The number of ether oxygens (including phenoxy) is 1. The number of phenols is 1. The van der Waals surface area contributed by atoms with E-state index >= 15 is 0 Å². The van der Waals surface area contributed by atoms with Crippen molar-refractivity contribution in [3.8, 4) is 5.75 Å². The molecule has 2 aromatic carbocycles. The highest BCUT2D eigenvalue weighted by Gasteiger charge is 2.38. The van der Waals surface area contributed by atoms with Gasteiger partial charge in [-0.2, -0.15) is 11.8 Å². The summed E-state index contributed by atoms with van der Waals surface area (Å²) in [5, 5.41) is 15.7. The van der Waals surface area contributed by atoms with E-state index in [2.05, 4.69) is 10.6 Å². The summed E-state index contributed by atoms with van der Waals surface area (Å²) < 4.78 is 5.44. The van der Waals surface area contributed by atoms with Crippen molar-refractivity contribution in [1.82, 2.24) is 10.2 Å². The van der Waals surface area contributed by atoms with E-state index in [-0.39, 0.29) is 23.6 Å². The molecule has 8 nitrogen and oxygen atoms in total. The van der Waals surface area contributed by atoms with E-state index in [9.17, 15) is 19.5 Å². The molecular formula is C30H43N3O5S. The van der Waals surface area contributed by atoms with Crippen LogP contribution >= 0.6 is 11.8 Å². The van der Waals surface area contributed by atoms with Crippen LogP contribution < -0.4 is 10.6 Å². The van der Waals surface area contributed by atoms with Crippen molar-refractivity contribution in [1.29, 1.82) is 0 Å². The van der Waals surface area contributed by atoms with E-state index in [0.29, 0.717) is 29.8 Å². The van der Waals surface area contributed by atoms with Gasteiger partial charge in [0.05, 0.1) is 0 Å². The van der Waals surface area contributed by atoms with Crippen LogP contribution in [0.5, 0.6) is 5.75 Å². The number of anilines is 1. The lowest BCUT2D eigenvalue weighted by Crippen LogP contribution is -2.55. The lowest BCUT2D eigenvalue weighted by Gasteiger charge is -2.38. The Kier molecular flexibility index (Phi) is 11.7. The fourth-order valence-corrected chi connectivity index (χ4v) is 4.69. The molecule has 0 fully saturated rings. The number of alkyl carbamates (subject to hydrolysis) is 1. The molecule has 0 bridgehead atoms. The molecule has 0 aliphatic heterocycles. The minimum atomic E-state index is -1.01. The van der Waals surface area contributed by atoms with Gasteiger partial charge in [0, 0.05) is 11.7 Å². The fourth-order valence-electron chi connectivity index (χ4n) is 4.22. The maximum Gasteiger partial charge on any atom is 0.408 e. The molecule has 0 aliphatic carbocycles. The number of hydrogen-bond acceptors (Lipinski definition) is 6. The molecule has 0 aromatic heterocycles. The Labute approximate surface area is 236 Å². The van der Waals surface area contributed by atoms with Crippen molar-refractivity contribution < 1.29 is 24.2 Å². The molecule has 0 heterocycles. The number of phenolic OH excluding ortho intramolecular Hbond substituents is 1. The SMILES string of the molecule is CCC(C)N(C(=O)C(CCSC)NC(=O)OC(C)(C)C)C(C(=O)Nc1c(C)cccc1C)c1ccc(O)cc1. The standard InChI is InChI=1S/C30H43N3O5S/c1-9-21(4)33(28(36)24(17-18-39-8)31-29(37)38-30(5,6)7)26(22-13-15-23(34)16-14-22)27(35)32-25-19(2)11-10-12-20(25)3/h10-16,21,24,26,34H,9,17-18H2,1-8H3,(H,31,37)(H,32,35). The first-order valence-corrected chi connectivity index (χ1v) is 14.6. The van der Waals surface area contributed by atoms with Gasteiger partial charge >= 0.3 is 6.09 Å². The summed E-state index contributed by atoms with van der Waals surface area (Å²) >= 11 is 1.56. The second-order valence-corrected chi connectivity index (χ2v) is 11.7. The summed E-state index contributed by atoms with van der Waals surface area (Å²) in [6.07, 6.45) is 2.19. The number of amides is 3. The van der Waals surface area contributed by atoms with E-state index in [1.54, 1.807) is 49.6 Å². The van der Waals surface area contributed by atoms with Crippen LogP contribution in [0.2, 0.25) is 0 Å². The summed E-state index contributed by atoms with van der Waals surface area (Å²) in [4.78, 5) is 42.5. The maximum atomic E-state index is 14.2. The Morgan fingerprint density at radius 2 is 1.64 bits per heavy atom. The zero-order valence-corrected chi connectivity index (χ0v) is 25.1. The second-order valence-electron chi connectivity index (χ2n) is 10.7. The van der Waals surface area contributed by atoms with Gasteiger partial charge in [0.1, 0.15) is 23.4 Å². The van der Waals surface area contributed by atoms with Crippen molar-refractivity contribution in [3.05, 3.63) is 59.2 Å². The van der Waals surface area contributed by atoms with Crippen molar-refractivity contribution in [2.75, 3.05) is 17.3 Å². The number of aryl methyl sites for hydroxylation is 2. The molecule has 3 atom stereocenters. The Morgan fingerprint density at radius 3 is 2.15 bits per heavy atom. The van der Waals surface area contributed by atoms with Crippen molar-refractivity contribution >= 4 is 35.4 Å². The molecule has 2 rings (SSSR count). The van der Waals surface area contributed by atoms with Gasteiger partial charge < -0.3 is 25.4 Å². The number of carbonyl (C=O) groups excluding carboxylic acids is 3. The van der Waals surface area contributed by atoms with Crippen molar-refractivity contribution in [2.24, 2.45) is 0 Å². The number of carbonyl (C=O) groups is 3. The van der Waals surface area contributed by atoms with E-state index < -0.39 is 23.8 Å². The van der Waals surface area contributed by atoms with Gasteiger partial charge in [-0.15, -0.1) is 0 Å².